The van der Waals surface area contributed by atoms with E-state index >= 15 is 0 Å². The van der Waals surface area contributed by atoms with Gasteiger partial charge in [0.05, 0.1) is 16.7 Å². The second-order valence-corrected chi connectivity index (χ2v) is 12.6. The minimum Gasteiger partial charge on any atom is -0.256 e. The van der Waals surface area contributed by atoms with Crippen LogP contribution in [0.15, 0.2) is 194 Å². The second-order valence-electron chi connectivity index (χ2n) is 12.6. The first-order chi connectivity index (χ1) is 24.8. The van der Waals surface area contributed by atoms with Crippen LogP contribution in [0, 0.1) is 0 Å². The molecule has 0 aliphatic carbocycles. The quantitative estimate of drug-likeness (QED) is 0.181. The van der Waals surface area contributed by atoms with Gasteiger partial charge in [0.25, 0.3) is 0 Å². The predicted molar refractivity (Wildman–Crippen MR) is 210 cm³/mol. The average Bonchev–Trinajstić information content (AvgIpc) is 3.21. The van der Waals surface area contributed by atoms with E-state index in [1.165, 1.54) is 33.4 Å². The first-order valence-electron chi connectivity index (χ1n) is 17.0. The summed E-state index contributed by atoms with van der Waals surface area (Å²) in [6.07, 6.45) is 1.87. The SMILES string of the molecule is c1ccc(-c2ccc(-c3ccc4nc(-c5ccc(-c6ccccc6)cc5)cc(-c5ccc(-c6cccc7cccnc67)cc5)c4c3)cc2)cc1. The molecule has 0 saturated carbocycles. The van der Waals surface area contributed by atoms with Crippen LogP contribution in [-0.2, 0) is 0 Å². The minimum absolute atomic E-state index is 0.953. The van der Waals surface area contributed by atoms with Gasteiger partial charge in [0.15, 0.2) is 0 Å². The molecule has 9 aromatic rings. The Hall–Kier alpha value is -6.64. The van der Waals surface area contributed by atoms with Crippen molar-refractivity contribution in [3.05, 3.63) is 194 Å². The normalized spacial score (nSPS) is 11.2. The molecule has 7 aromatic carbocycles. The van der Waals surface area contributed by atoms with Gasteiger partial charge in [-0.2, -0.15) is 0 Å². The number of aromatic nitrogens is 2. The van der Waals surface area contributed by atoms with Crippen molar-refractivity contribution >= 4 is 21.8 Å². The number of para-hydroxylation sites is 1. The molecule has 0 saturated heterocycles. The van der Waals surface area contributed by atoms with Crippen LogP contribution in [-0.4, -0.2) is 9.97 Å². The monoisotopic (exact) mass is 636 g/mol. The van der Waals surface area contributed by atoms with E-state index in [1.807, 2.05) is 12.3 Å². The molecular formula is C48H32N2. The molecule has 2 nitrogen and oxygen atoms in total. The molecule has 0 aliphatic heterocycles. The van der Waals surface area contributed by atoms with Crippen molar-refractivity contribution in [1.29, 1.82) is 0 Å². The standard InChI is InChI=1S/C48H32N2/c1-3-9-33(10-4-1)35-16-18-37(19-17-35)42-28-29-46-45(31-42)44(32-47(50-46)40-26-20-36(21-27-40)34-11-5-2-6-12-34)39-24-22-38(23-25-39)43-15-7-13-41-14-8-30-49-48(41)43/h1-32H. The van der Waals surface area contributed by atoms with Gasteiger partial charge in [-0.15, -0.1) is 0 Å². The van der Waals surface area contributed by atoms with Gasteiger partial charge in [0.1, 0.15) is 0 Å². The van der Waals surface area contributed by atoms with E-state index in [9.17, 15) is 0 Å². The molecule has 0 amide bonds. The largest absolute Gasteiger partial charge is 0.256 e. The molecule has 0 unspecified atom stereocenters. The highest BCUT2D eigenvalue weighted by molar-refractivity contribution is 6.00. The van der Waals surface area contributed by atoms with Crippen molar-refractivity contribution < 1.29 is 0 Å². The maximum Gasteiger partial charge on any atom is 0.0780 e. The Bertz CT molecular complexity index is 2590. The third-order valence-corrected chi connectivity index (χ3v) is 9.56. The lowest BCUT2D eigenvalue weighted by molar-refractivity contribution is 1.39. The average molecular weight is 637 g/mol. The lowest BCUT2D eigenvalue weighted by Crippen LogP contribution is -1.92. The first-order valence-corrected chi connectivity index (χ1v) is 17.0. The third kappa shape index (κ3) is 5.63. The Labute approximate surface area is 292 Å². The van der Waals surface area contributed by atoms with Crippen molar-refractivity contribution in [2.75, 3.05) is 0 Å². The summed E-state index contributed by atoms with van der Waals surface area (Å²) in [6, 6.07) is 66.8. The number of rotatable bonds is 6. The number of hydrogen-bond acceptors (Lipinski definition) is 2. The summed E-state index contributed by atoms with van der Waals surface area (Å²) >= 11 is 0. The molecule has 2 heteroatoms. The molecule has 2 heterocycles. The highest BCUT2D eigenvalue weighted by Gasteiger charge is 2.13. The van der Waals surface area contributed by atoms with Crippen LogP contribution in [0.3, 0.4) is 0 Å². The fourth-order valence-corrected chi connectivity index (χ4v) is 6.91. The lowest BCUT2D eigenvalue weighted by Gasteiger charge is -2.14. The smallest absolute Gasteiger partial charge is 0.0780 e. The number of pyridine rings is 2. The van der Waals surface area contributed by atoms with Gasteiger partial charge in [-0.1, -0.05) is 164 Å². The van der Waals surface area contributed by atoms with Crippen molar-refractivity contribution in [2.24, 2.45) is 0 Å². The summed E-state index contributed by atoms with van der Waals surface area (Å²) < 4.78 is 0. The molecule has 0 aliphatic rings. The second kappa shape index (κ2) is 12.8. The molecule has 2 aromatic heterocycles. The Morgan fingerprint density at radius 2 is 0.820 bits per heavy atom. The molecule has 0 N–H and O–H groups in total. The van der Waals surface area contributed by atoms with E-state index in [2.05, 4.69) is 182 Å². The van der Waals surface area contributed by atoms with E-state index in [4.69, 9.17) is 9.97 Å². The van der Waals surface area contributed by atoms with E-state index in [0.717, 1.165) is 55.3 Å². The first kappa shape index (κ1) is 29.5. The fraction of sp³-hybridized carbons (Fsp3) is 0. The number of hydrogen-bond donors (Lipinski definition) is 0. The zero-order valence-electron chi connectivity index (χ0n) is 27.4. The van der Waals surface area contributed by atoms with Crippen LogP contribution in [0.25, 0.3) is 88.7 Å². The topological polar surface area (TPSA) is 25.8 Å². The summed E-state index contributed by atoms with van der Waals surface area (Å²) in [4.78, 5) is 9.92. The molecule has 0 bridgehead atoms. The zero-order chi connectivity index (χ0) is 33.3. The predicted octanol–water partition coefficient (Wildman–Crippen LogP) is 12.8. The summed E-state index contributed by atoms with van der Waals surface area (Å²) in [5.41, 5.74) is 15.8. The Balaban J connectivity index is 1.15. The maximum absolute atomic E-state index is 5.21. The van der Waals surface area contributed by atoms with Gasteiger partial charge in [-0.05, 0) is 74.3 Å². The molecule has 0 spiro atoms. The number of fused-ring (bicyclic) bond motifs is 2. The summed E-state index contributed by atoms with van der Waals surface area (Å²) in [5.74, 6) is 0. The zero-order valence-corrected chi connectivity index (χ0v) is 27.4. The molecular weight excluding hydrogens is 605 g/mol. The van der Waals surface area contributed by atoms with Crippen molar-refractivity contribution in [2.45, 2.75) is 0 Å². The van der Waals surface area contributed by atoms with Gasteiger partial charge in [0, 0.05) is 28.1 Å². The minimum atomic E-state index is 0.953. The summed E-state index contributed by atoms with van der Waals surface area (Å²) in [5, 5.41) is 2.26. The van der Waals surface area contributed by atoms with Crippen molar-refractivity contribution in [1.82, 2.24) is 9.97 Å². The highest BCUT2D eigenvalue weighted by Crippen LogP contribution is 2.37. The van der Waals surface area contributed by atoms with E-state index in [-0.39, 0.29) is 0 Å². The van der Waals surface area contributed by atoms with Gasteiger partial charge in [-0.3, -0.25) is 4.98 Å². The fourth-order valence-electron chi connectivity index (χ4n) is 6.91. The number of nitrogens with zero attached hydrogens (tertiary/aromatic N) is 2. The maximum atomic E-state index is 5.21. The van der Waals surface area contributed by atoms with E-state index < -0.39 is 0 Å². The summed E-state index contributed by atoms with van der Waals surface area (Å²) in [6.45, 7) is 0. The molecule has 0 fully saturated rings. The van der Waals surface area contributed by atoms with Crippen LogP contribution in [0.1, 0.15) is 0 Å². The van der Waals surface area contributed by atoms with Crippen LogP contribution in [0.5, 0.6) is 0 Å². The Morgan fingerprint density at radius 3 is 1.46 bits per heavy atom. The van der Waals surface area contributed by atoms with Crippen LogP contribution >= 0.6 is 0 Å². The Morgan fingerprint density at radius 1 is 0.320 bits per heavy atom. The van der Waals surface area contributed by atoms with Gasteiger partial charge >= 0.3 is 0 Å². The molecule has 9 rings (SSSR count). The molecule has 0 radical (unpaired) electrons. The van der Waals surface area contributed by atoms with Crippen molar-refractivity contribution in [3.8, 4) is 66.9 Å². The molecule has 0 atom stereocenters. The molecule has 50 heavy (non-hydrogen) atoms. The third-order valence-electron chi connectivity index (χ3n) is 9.56. The Kier molecular flexibility index (Phi) is 7.53. The van der Waals surface area contributed by atoms with Crippen molar-refractivity contribution in [3.63, 3.8) is 0 Å². The van der Waals surface area contributed by atoms with Crippen LogP contribution in [0.2, 0.25) is 0 Å². The van der Waals surface area contributed by atoms with E-state index in [0.29, 0.717) is 0 Å². The van der Waals surface area contributed by atoms with Crippen LogP contribution in [0.4, 0.5) is 0 Å². The number of benzene rings is 7. The van der Waals surface area contributed by atoms with Crippen LogP contribution < -0.4 is 0 Å². The highest BCUT2D eigenvalue weighted by atomic mass is 14.7. The lowest BCUT2D eigenvalue weighted by atomic mass is 9.93. The van der Waals surface area contributed by atoms with E-state index in [1.54, 1.807) is 0 Å². The van der Waals surface area contributed by atoms with Gasteiger partial charge in [-0.25, -0.2) is 4.98 Å². The van der Waals surface area contributed by atoms with Gasteiger partial charge in [0.2, 0.25) is 0 Å². The summed E-state index contributed by atoms with van der Waals surface area (Å²) in [7, 11) is 0. The van der Waals surface area contributed by atoms with Gasteiger partial charge < -0.3 is 0 Å². The molecule has 234 valence electrons.